The second kappa shape index (κ2) is 4.95. The average Bonchev–Trinajstić information content (AvgIpc) is 2.20. The fourth-order valence-corrected chi connectivity index (χ4v) is 2.60. The fourth-order valence-electron chi connectivity index (χ4n) is 1.43. The predicted molar refractivity (Wildman–Crippen MR) is 64.8 cm³/mol. The first-order valence-corrected chi connectivity index (χ1v) is 6.50. The number of aryl methyl sites for hydroxylation is 1. The van der Waals surface area contributed by atoms with Gasteiger partial charge in [0.15, 0.2) is 0 Å². The quantitative estimate of drug-likeness (QED) is 0.855. The Kier molecular flexibility index (Phi) is 4.07. The number of hydrogen-bond donors (Lipinski definition) is 1. The van der Waals surface area contributed by atoms with E-state index in [9.17, 15) is 8.42 Å². The van der Waals surface area contributed by atoms with E-state index < -0.39 is 10.0 Å². The van der Waals surface area contributed by atoms with Gasteiger partial charge in [-0.15, -0.1) is 0 Å². The lowest BCUT2D eigenvalue weighted by atomic mass is 10.1. The first-order chi connectivity index (χ1) is 7.39. The van der Waals surface area contributed by atoms with Gasteiger partial charge < -0.3 is 5.32 Å². The fraction of sp³-hybridized carbons (Fsp3) is 0.455. The van der Waals surface area contributed by atoms with Crippen LogP contribution in [0.25, 0.3) is 0 Å². The number of sulfonamides is 1. The topological polar surface area (TPSA) is 49.4 Å². The van der Waals surface area contributed by atoms with E-state index in [1.165, 1.54) is 4.31 Å². The van der Waals surface area contributed by atoms with Crippen molar-refractivity contribution >= 4 is 10.0 Å². The predicted octanol–water partition coefficient (Wildman–Crippen LogP) is 0.965. The van der Waals surface area contributed by atoms with Crippen molar-refractivity contribution in [1.82, 2.24) is 9.62 Å². The summed E-state index contributed by atoms with van der Waals surface area (Å²) in [7, 11) is 1.57. The Hall–Kier alpha value is -0.910. The molecule has 1 aromatic rings. The van der Waals surface area contributed by atoms with Crippen LogP contribution in [-0.4, -0.2) is 33.9 Å². The first-order valence-electron chi connectivity index (χ1n) is 5.06. The number of nitrogens with zero attached hydrogens (tertiary/aromatic N) is 1. The first kappa shape index (κ1) is 13.2. The molecule has 0 bridgehead atoms. The molecular weight excluding hydrogens is 224 g/mol. The molecule has 90 valence electrons. The maximum Gasteiger partial charge on any atom is 0.242 e. The molecule has 1 aromatic carbocycles. The third-order valence-corrected chi connectivity index (χ3v) is 4.35. The van der Waals surface area contributed by atoms with Crippen LogP contribution in [0.2, 0.25) is 0 Å². The van der Waals surface area contributed by atoms with E-state index in [1.54, 1.807) is 27.1 Å². The van der Waals surface area contributed by atoms with Crippen molar-refractivity contribution in [2.75, 3.05) is 21.1 Å². The molecule has 0 spiro atoms. The molecule has 0 fully saturated rings. The molecule has 1 N–H and O–H groups in total. The molecule has 0 aliphatic rings. The van der Waals surface area contributed by atoms with Crippen LogP contribution in [0.1, 0.15) is 11.1 Å². The lowest BCUT2D eigenvalue weighted by molar-refractivity contribution is 0.520. The Morgan fingerprint density at radius 2 is 1.94 bits per heavy atom. The van der Waals surface area contributed by atoms with Gasteiger partial charge in [-0.2, -0.15) is 0 Å². The molecule has 5 heteroatoms. The summed E-state index contributed by atoms with van der Waals surface area (Å²) in [6.45, 7) is 2.47. The summed E-state index contributed by atoms with van der Waals surface area (Å²) in [6.07, 6.45) is 0. The molecule has 0 aromatic heterocycles. The van der Waals surface area contributed by atoms with Crippen molar-refractivity contribution in [2.45, 2.75) is 18.4 Å². The van der Waals surface area contributed by atoms with E-state index in [1.807, 2.05) is 19.2 Å². The second-order valence-corrected chi connectivity index (χ2v) is 6.04. The standard InChI is InChI=1S/C11H18N2O2S/c1-9-5-6-10(8-12-2)7-11(9)16(14,15)13(3)4/h5-7,12H,8H2,1-4H3. The van der Waals surface area contributed by atoms with Gasteiger partial charge in [0, 0.05) is 20.6 Å². The lowest BCUT2D eigenvalue weighted by Gasteiger charge is -2.14. The largest absolute Gasteiger partial charge is 0.316 e. The highest BCUT2D eigenvalue weighted by Crippen LogP contribution is 2.19. The van der Waals surface area contributed by atoms with Gasteiger partial charge in [0.25, 0.3) is 0 Å². The summed E-state index contributed by atoms with van der Waals surface area (Å²) in [5.41, 5.74) is 1.74. The lowest BCUT2D eigenvalue weighted by Crippen LogP contribution is -2.23. The zero-order valence-electron chi connectivity index (χ0n) is 10.1. The maximum absolute atomic E-state index is 12.0. The number of nitrogens with one attached hydrogen (secondary N) is 1. The van der Waals surface area contributed by atoms with E-state index in [2.05, 4.69) is 5.32 Å². The van der Waals surface area contributed by atoms with E-state index in [-0.39, 0.29) is 0 Å². The van der Waals surface area contributed by atoms with Crippen molar-refractivity contribution in [1.29, 1.82) is 0 Å². The molecule has 1 rings (SSSR count). The van der Waals surface area contributed by atoms with Crippen molar-refractivity contribution in [3.63, 3.8) is 0 Å². The molecule has 0 aliphatic heterocycles. The van der Waals surface area contributed by atoms with Gasteiger partial charge >= 0.3 is 0 Å². The Bertz CT molecular complexity index is 467. The van der Waals surface area contributed by atoms with Gasteiger partial charge in [0.2, 0.25) is 10.0 Å². The van der Waals surface area contributed by atoms with Gasteiger partial charge in [-0.3, -0.25) is 0 Å². The monoisotopic (exact) mass is 242 g/mol. The van der Waals surface area contributed by atoms with E-state index in [0.29, 0.717) is 11.4 Å². The molecule has 4 nitrogen and oxygen atoms in total. The van der Waals surface area contributed by atoms with Crippen LogP contribution in [0.5, 0.6) is 0 Å². The van der Waals surface area contributed by atoms with Crippen LogP contribution < -0.4 is 5.32 Å². The molecule has 16 heavy (non-hydrogen) atoms. The maximum atomic E-state index is 12.0. The van der Waals surface area contributed by atoms with Gasteiger partial charge in [0.1, 0.15) is 0 Å². The van der Waals surface area contributed by atoms with E-state index in [4.69, 9.17) is 0 Å². The highest BCUT2D eigenvalue weighted by molar-refractivity contribution is 7.89. The Balaban J connectivity index is 3.27. The van der Waals surface area contributed by atoms with Crippen molar-refractivity contribution in [3.05, 3.63) is 29.3 Å². The van der Waals surface area contributed by atoms with Crippen LogP contribution in [0, 0.1) is 6.92 Å². The van der Waals surface area contributed by atoms with Crippen LogP contribution in [0.3, 0.4) is 0 Å². The SMILES string of the molecule is CNCc1ccc(C)c(S(=O)(=O)N(C)C)c1. The van der Waals surface area contributed by atoms with Crippen LogP contribution in [0.4, 0.5) is 0 Å². The van der Waals surface area contributed by atoms with Crippen molar-refractivity contribution < 1.29 is 8.42 Å². The molecule has 0 amide bonds. The molecule has 0 heterocycles. The van der Waals surface area contributed by atoms with Crippen LogP contribution >= 0.6 is 0 Å². The Labute approximate surface area is 97.3 Å². The summed E-state index contributed by atoms with van der Waals surface area (Å²) in [5.74, 6) is 0. The van der Waals surface area contributed by atoms with Gasteiger partial charge in [-0.25, -0.2) is 12.7 Å². The minimum absolute atomic E-state index is 0.380. The summed E-state index contributed by atoms with van der Waals surface area (Å²) in [4.78, 5) is 0.380. The average molecular weight is 242 g/mol. The third kappa shape index (κ3) is 2.61. The van der Waals surface area contributed by atoms with Crippen LogP contribution in [-0.2, 0) is 16.6 Å². The van der Waals surface area contributed by atoms with Crippen molar-refractivity contribution in [3.8, 4) is 0 Å². The molecule has 0 saturated heterocycles. The minimum atomic E-state index is -3.34. The summed E-state index contributed by atoms with van der Waals surface area (Å²) >= 11 is 0. The van der Waals surface area contributed by atoms with Gasteiger partial charge in [0.05, 0.1) is 4.90 Å². The molecule has 0 aliphatic carbocycles. The Morgan fingerprint density at radius 3 is 2.44 bits per heavy atom. The highest BCUT2D eigenvalue weighted by atomic mass is 32.2. The van der Waals surface area contributed by atoms with Crippen molar-refractivity contribution in [2.24, 2.45) is 0 Å². The zero-order chi connectivity index (χ0) is 12.3. The normalized spacial score (nSPS) is 12.1. The number of hydrogen-bond acceptors (Lipinski definition) is 3. The highest BCUT2D eigenvalue weighted by Gasteiger charge is 2.19. The minimum Gasteiger partial charge on any atom is -0.316 e. The van der Waals surface area contributed by atoms with E-state index in [0.717, 1.165) is 11.1 Å². The van der Waals surface area contributed by atoms with Gasteiger partial charge in [-0.05, 0) is 31.2 Å². The second-order valence-electron chi connectivity index (χ2n) is 3.92. The molecular formula is C11H18N2O2S. The molecule has 0 radical (unpaired) electrons. The summed E-state index contributed by atoms with van der Waals surface area (Å²) in [6, 6.07) is 5.49. The molecule has 0 unspecified atom stereocenters. The zero-order valence-corrected chi connectivity index (χ0v) is 10.9. The molecule has 0 atom stereocenters. The third-order valence-electron chi connectivity index (χ3n) is 2.39. The van der Waals surface area contributed by atoms with Gasteiger partial charge in [-0.1, -0.05) is 12.1 Å². The number of rotatable bonds is 4. The summed E-state index contributed by atoms with van der Waals surface area (Å²) in [5, 5.41) is 3.00. The Morgan fingerprint density at radius 1 is 1.31 bits per heavy atom. The van der Waals surface area contributed by atoms with E-state index >= 15 is 0 Å². The van der Waals surface area contributed by atoms with Crippen LogP contribution in [0.15, 0.2) is 23.1 Å². The molecule has 0 saturated carbocycles. The number of benzene rings is 1. The summed E-state index contributed by atoms with van der Waals surface area (Å²) < 4.78 is 25.3. The smallest absolute Gasteiger partial charge is 0.242 e.